The first-order valence-electron chi connectivity index (χ1n) is 8.69. The molecule has 0 atom stereocenters. The minimum absolute atomic E-state index is 0.654. The zero-order chi connectivity index (χ0) is 18.2. The summed E-state index contributed by atoms with van der Waals surface area (Å²) in [5.74, 6) is 0. The Hall–Kier alpha value is -1.31. The molecule has 2 aromatic carbocycles. The van der Waals surface area contributed by atoms with Crippen LogP contribution in [0.2, 0.25) is 5.02 Å². The average molecular weight is 409 g/mol. The molecule has 0 saturated carbocycles. The molecular weight excluding hydrogens is 386 g/mol. The third-order valence-corrected chi connectivity index (χ3v) is 5.72. The van der Waals surface area contributed by atoms with Crippen LogP contribution >= 0.6 is 35.6 Å². The molecule has 0 spiro atoms. The van der Waals surface area contributed by atoms with E-state index in [1.165, 1.54) is 0 Å². The molecule has 1 fully saturated rings. The van der Waals surface area contributed by atoms with Gasteiger partial charge in [-0.15, -0.1) is 0 Å². The zero-order valence-electron chi connectivity index (χ0n) is 14.5. The summed E-state index contributed by atoms with van der Waals surface area (Å²) in [7, 11) is 0. The van der Waals surface area contributed by atoms with Gasteiger partial charge in [-0.25, -0.2) is 0 Å². The molecule has 1 aliphatic rings. The lowest BCUT2D eigenvalue weighted by Crippen LogP contribution is -3.14. The van der Waals surface area contributed by atoms with E-state index in [9.17, 15) is 0 Å². The lowest BCUT2D eigenvalue weighted by atomic mass is 10.3. The maximum absolute atomic E-state index is 5.96. The number of halogens is 1. The molecule has 0 aromatic heterocycles. The molecule has 0 amide bonds. The molecule has 138 valence electrons. The molecule has 26 heavy (non-hydrogen) atoms. The van der Waals surface area contributed by atoms with Gasteiger partial charge >= 0.3 is 0 Å². The fourth-order valence-corrected chi connectivity index (χ4v) is 3.96. The van der Waals surface area contributed by atoms with E-state index in [0.29, 0.717) is 5.11 Å². The van der Waals surface area contributed by atoms with Crippen LogP contribution in [0.25, 0.3) is 0 Å². The van der Waals surface area contributed by atoms with Gasteiger partial charge in [0.2, 0.25) is 0 Å². The van der Waals surface area contributed by atoms with Gasteiger partial charge in [0, 0.05) is 14.8 Å². The van der Waals surface area contributed by atoms with E-state index in [0.717, 1.165) is 59.9 Å². The normalized spacial score (nSPS) is 14.8. The van der Waals surface area contributed by atoms with Gasteiger partial charge < -0.3 is 20.3 Å². The van der Waals surface area contributed by atoms with Crippen LogP contribution < -0.4 is 15.5 Å². The van der Waals surface area contributed by atoms with Crippen molar-refractivity contribution in [1.29, 1.82) is 0 Å². The standard InChI is InChI=1S/C19H22ClN3OS2/c20-15-5-7-16(8-6-15)26-18-4-2-1-3-17(18)22-19(25)21-9-10-23-11-13-24-14-12-23/h1-8H,9-14H2,(H2,21,22,25)/p+1. The summed E-state index contributed by atoms with van der Waals surface area (Å²) < 4.78 is 5.39. The average Bonchev–Trinajstić information content (AvgIpc) is 2.66. The maximum atomic E-state index is 5.96. The number of benzene rings is 2. The number of hydrogen-bond acceptors (Lipinski definition) is 3. The molecule has 3 N–H and O–H groups in total. The van der Waals surface area contributed by atoms with Crippen molar-refractivity contribution in [2.45, 2.75) is 9.79 Å². The monoisotopic (exact) mass is 408 g/mol. The Morgan fingerprint density at radius 3 is 2.62 bits per heavy atom. The first kappa shape index (κ1) is 19.5. The molecule has 7 heteroatoms. The quantitative estimate of drug-likeness (QED) is 0.641. The Labute approximate surface area is 169 Å². The molecule has 0 aliphatic carbocycles. The number of nitrogens with one attached hydrogen (secondary N) is 3. The van der Waals surface area contributed by atoms with Gasteiger partial charge in [-0.05, 0) is 48.6 Å². The molecule has 1 saturated heterocycles. The van der Waals surface area contributed by atoms with Crippen molar-refractivity contribution in [3.8, 4) is 0 Å². The summed E-state index contributed by atoms with van der Waals surface area (Å²) in [6.45, 7) is 5.76. The van der Waals surface area contributed by atoms with Crippen molar-refractivity contribution in [2.75, 3.05) is 44.7 Å². The second kappa shape index (κ2) is 10.1. The summed E-state index contributed by atoms with van der Waals surface area (Å²) in [5, 5.41) is 8.03. The number of hydrogen-bond donors (Lipinski definition) is 3. The second-order valence-corrected chi connectivity index (χ2v) is 8.01. The van der Waals surface area contributed by atoms with Crippen LogP contribution in [0.1, 0.15) is 0 Å². The lowest BCUT2D eigenvalue weighted by Gasteiger charge is -2.24. The smallest absolute Gasteiger partial charge is 0.171 e. The molecule has 1 aliphatic heterocycles. The van der Waals surface area contributed by atoms with E-state index in [1.54, 1.807) is 16.7 Å². The minimum atomic E-state index is 0.654. The van der Waals surface area contributed by atoms with Crippen LogP contribution in [-0.2, 0) is 4.74 Å². The van der Waals surface area contributed by atoms with Crippen LogP contribution in [0.4, 0.5) is 5.69 Å². The van der Waals surface area contributed by atoms with Crippen molar-refractivity contribution in [3.05, 3.63) is 53.6 Å². The molecule has 3 rings (SSSR count). The molecule has 0 bridgehead atoms. The van der Waals surface area contributed by atoms with Crippen molar-refractivity contribution in [2.24, 2.45) is 0 Å². The predicted molar refractivity (Wildman–Crippen MR) is 113 cm³/mol. The fraction of sp³-hybridized carbons (Fsp3) is 0.316. The Morgan fingerprint density at radius 1 is 1.12 bits per heavy atom. The van der Waals surface area contributed by atoms with E-state index in [2.05, 4.69) is 16.7 Å². The van der Waals surface area contributed by atoms with E-state index in [-0.39, 0.29) is 0 Å². The first-order valence-corrected chi connectivity index (χ1v) is 10.3. The largest absolute Gasteiger partial charge is 0.370 e. The molecule has 0 unspecified atom stereocenters. The number of rotatable bonds is 6. The van der Waals surface area contributed by atoms with Crippen LogP contribution in [-0.4, -0.2) is 44.5 Å². The number of anilines is 1. The van der Waals surface area contributed by atoms with Gasteiger partial charge in [0.1, 0.15) is 13.1 Å². The van der Waals surface area contributed by atoms with E-state index in [1.807, 2.05) is 42.5 Å². The number of quaternary nitrogens is 1. The van der Waals surface area contributed by atoms with Crippen molar-refractivity contribution < 1.29 is 9.64 Å². The molecule has 1 heterocycles. The highest BCUT2D eigenvalue weighted by Crippen LogP contribution is 2.33. The molecular formula is C19H23ClN3OS2+. The Kier molecular flexibility index (Phi) is 7.58. The van der Waals surface area contributed by atoms with Gasteiger partial charge in [-0.1, -0.05) is 35.5 Å². The van der Waals surface area contributed by atoms with Gasteiger partial charge in [0.15, 0.2) is 5.11 Å². The van der Waals surface area contributed by atoms with Crippen molar-refractivity contribution >= 4 is 46.4 Å². The van der Waals surface area contributed by atoms with E-state index < -0.39 is 0 Å². The van der Waals surface area contributed by atoms with Crippen molar-refractivity contribution in [3.63, 3.8) is 0 Å². The second-order valence-electron chi connectivity index (χ2n) is 6.05. The van der Waals surface area contributed by atoms with Crippen LogP contribution in [0.3, 0.4) is 0 Å². The summed E-state index contributed by atoms with van der Waals surface area (Å²) in [5.41, 5.74) is 1.00. The number of morpholine rings is 1. The SMILES string of the molecule is S=C(NCC[NH+]1CCOCC1)Nc1ccccc1Sc1ccc(Cl)cc1. The van der Waals surface area contributed by atoms with Gasteiger partial charge in [0.05, 0.1) is 32.0 Å². The summed E-state index contributed by atoms with van der Waals surface area (Å²) >= 11 is 13.1. The first-order chi connectivity index (χ1) is 12.7. The van der Waals surface area contributed by atoms with Crippen LogP contribution in [0.15, 0.2) is 58.3 Å². The molecule has 4 nitrogen and oxygen atoms in total. The Balaban J connectivity index is 1.52. The zero-order valence-corrected chi connectivity index (χ0v) is 16.9. The third-order valence-electron chi connectivity index (χ3n) is 4.14. The number of para-hydroxylation sites is 1. The topological polar surface area (TPSA) is 37.7 Å². The maximum Gasteiger partial charge on any atom is 0.171 e. The summed E-state index contributed by atoms with van der Waals surface area (Å²) in [6, 6.07) is 16.0. The molecule has 2 aromatic rings. The highest BCUT2D eigenvalue weighted by atomic mass is 35.5. The van der Waals surface area contributed by atoms with E-state index in [4.69, 9.17) is 28.6 Å². The lowest BCUT2D eigenvalue weighted by molar-refractivity contribution is -0.906. The van der Waals surface area contributed by atoms with Crippen LogP contribution in [0.5, 0.6) is 0 Å². The Bertz CT molecular complexity index is 721. The van der Waals surface area contributed by atoms with Gasteiger partial charge in [0.25, 0.3) is 0 Å². The highest BCUT2D eigenvalue weighted by molar-refractivity contribution is 7.99. The number of ether oxygens (including phenoxy) is 1. The van der Waals surface area contributed by atoms with Gasteiger partial charge in [-0.2, -0.15) is 0 Å². The summed E-state index contributed by atoms with van der Waals surface area (Å²) in [6.07, 6.45) is 0. The predicted octanol–water partition coefficient (Wildman–Crippen LogP) is 2.69. The Morgan fingerprint density at radius 2 is 1.85 bits per heavy atom. The van der Waals surface area contributed by atoms with Gasteiger partial charge in [-0.3, -0.25) is 0 Å². The van der Waals surface area contributed by atoms with Crippen molar-refractivity contribution in [1.82, 2.24) is 5.32 Å². The summed E-state index contributed by atoms with van der Waals surface area (Å²) in [4.78, 5) is 3.82. The third kappa shape index (κ3) is 6.14. The highest BCUT2D eigenvalue weighted by Gasteiger charge is 2.13. The van der Waals surface area contributed by atoms with Crippen LogP contribution in [0, 0.1) is 0 Å². The minimum Gasteiger partial charge on any atom is -0.370 e. The molecule has 0 radical (unpaired) electrons. The fourth-order valence-electron chi connectivity index (χ4n) is 2.72. The number of thiocarbonyl (C=S) groups is 1. The van der Waals surface area contributed by atoms with E-state index >= 15 is 0 Å².